The van der Waals surface area contributed by atoms with Gasteiger partial charge in [-0.25, -0.2) is 0 Å². The lowest BCUT2D eigenvalue weighted by atomic mass is 10.1. The maximum absolute atomic E-state index is 5.46. The van der Waals surface area contributed by atoms with Gasteiger partial charge in [0.1, 0.15) is 0 Å². The number of ether oxygens (including phenoxy) is 1. The maximum Gasteiger partial charge on any atom is 0.0590 e. The Morgan fingerprint density at radius 2 is 1.91 bits per heavy atom. The maximum atomic E-state index is 5.46. The fourth-order valence-corrected chi connectivity index (χ4v) is 0.949. The summed E-state index contributed by atoms with van der Waals surface area (Å²) in [5.74, 6) is 0.756. The van der Waals surface area contributed by atoms with Crippen molar-refractivity contribution in [3.63, 3.8) is 0 Å². The van der Waals surface area contributed by atoms with Crippen molar-refractivity contribution in [2.75, 3.05) is 26.8 Å². The first-order chi connectivity index (χ1) is 5.35. The molecule has 0 heterocycles. The molecule has 0 radical (unpaired) electrons. The van der Waals surface area contributed by atoms with Crippen LogP contribution in [-0.4, -0.2) is 26.8 Å². The van der Waals surface area contributed by atoms with E-state index in [1.54, 1.807) is 0 Å². The molecule has 0 amide bonds. The van der Waals surface area contributed by atoms with Gasteiger partial charge in [-0.2, -0.15) is 0 Å². The summed E-state index contributed by atoms with van der Waals surface area (Å²) in [7, 11) is 1.94. The minimum Gasteiger partial charge on any atom is -0.380 e. The van der Waals surface area contributed by atoms with Gasteiger partial charge in [0.05, 0.1) is 6.61 Å². The standard InChI is InChI=1S/C9H21NO/c1-4-9(5-2)8-11-7-6-10-3/h9-10H,4-8H2,1-3H3. The first-order valence-electron chi connectivity index (χ1n) is 4.57. The molecular formula is C9H21NO. The molecule has 11 heavy (non-hydrogen) atoms. The Morgan fingerprint density at radius 3 is 2.36 bits per heavy atom. The highest BCUT2D eigenvalue weighted by molar-refractivity contribution is 4.52. The predicted molar refractivity (Wildman–Crippen MR) is 48.8 cm³/mol. The zero-order valence-electron chi connectivity index (χ0n) is 8.02. The van der Waals surface area contributed by atoms with Crippen molar-refractivity contribution in [1.82, 2.24) is 5.32 Å². The Hall–Kier alpha value is -0.0800. The van der Waals surface area contributed by atoms with Gasteiger partial charge >= 0.3 is 0 Å². The second-order valence-corrected chi connectivity index (χ2v) is 2.86. The van der Waals surface area contributed by atoms with E-state index in [1.165, 1.54) is 12.8 Å². The van der Waals surface area contributed by atoms with Crippen LogP contribution in [-0.2, 0) is 4.74 Å². The van der Waals surface area contributed by atoms with Crippen LogP contribution in [0.25, 0.3) is 0 Å². The molecule has 0 aliphatic rings. The molecule has 0 saturated heterocycles. The molecule has 68 valence electrons. The van der Waals surface area contributed by atoms with E-state index in [2.05, 4.69) is 19.2 Å². The highest BCUT2D eigenvalue weighted by Gasteiger charge is 2.01. The minimum atomic E-state index is 0.756. The van der Waals surface area contributed by atoms with Gasteiger partial charge in [0.25, 0.3) is 0 Å². The molecule has 0 aliphatic heterocycles. The van der Waals surface area contributed by atoms with E-state index in [0.717, 1.165) is 25.7 Å². The van der Waals surface area contributed by atoms with Crippen LogP contribution in [0, 0.1) is 5.92 Å². The normalized spacial score (nSPS) is 10.9. The van der Waals surface area contributed by atoms with Crippen LogP contribution < -0.4 is 5.32 Å². The van der Waals surface area contributed by atoms with Crippen LogP contribution in [0.4, 0.5) is 0 Å². The highest BCUT2D eigenvalue weighted by Crippen LogP contribution is 2.06. The first kappa shape index (κ1) is 10.9. The molecule has 0 aromatic carbocycles. The Labute approximate surface area is 70.3 Å². The summed E-state index contributed by atoms with van der Waals surface area (Å²) < 4.78 is 5.46. The molecule has 0 rings (SSSR count). The largest absolute Gasteiger partial charge is 0.380 e. The molecule has 2 nitrogen and oxygen atoms in total. The number of rotatable bonds is 7. The summed E-state index contributed by atoms with van der Waals surface area (Å²) in [5.41, 5.74) is 0. The van der Waals surface area contributed by atoms with Gasteiger partial charge in [0.15, 0.2) is 0 Å². The van der Waals surface area contributed by atoms with E-state index in [1.807, 2.05) is 7.05 Å². The van der Waals surface area contributed by atoms with Gasteiger partial charge in [-0.1, -0.05) is 26.7 Å². The lowest BCUT2D eigenvalue weighted by Crippen LogP contribution is -2.17. The molecule has 0 aromatic heterocycles. The molecular weight excluding hydrogens is 138 g/mol. The first-order valence-corrected chi connectivity index (χ1v) is 4.57. The van der Waals surface area contributed by atoms with Gasteiger partial charge < -0.3 is 10.1 Å². The monoisotopic (exact) mass is 159 g/mol. The third-order valence-electron chi connectivity index (χ3n) is 2.00. The fraction of sp³-hybridized carbons (Fsp3) is 1.00. The van der Waals surface area contributed by atoms with E-state index in [9.17, 15) is 0 Å². The zero-order valence-corrected chi connectivity index (χ0v) is 8.02. The summed E-state index contributed by atoms with van der Waals surface area (Å²) in [4.78, 5) is 0. The summed E-state index contributed by atoms with van der Waals surface area (Å²) >= 11 is 0. The summed E-state index contributed by atoms with van der Waals surface area (Å²) in [5, 5.41) is 3.05. The Kier molecular flexibility index (Phi) is 7.96. The second kappa shape index (κ2) is 8.02. The van der Waals surface area contributed by atoms with Crippen LogP contribution in [0.3, 0.4) is 0 Å². The van der Waals surface area contributed by atoms with Crippen molar-refractivity contribution in [2.45, 2.75) is 26.7 Å². The van der Waals surface area contributed by atoms with Gasteiger partial charge in [-0.05, 0) is 13.0 Å². The predicted octanol–water partition coefficient (Wildman–Crippen LogP) is 1.66. The quantitative estimate of drug-likeness (QED) is 0.570. The molecule has 0 aromatic rings. The molecule has 0 spiro atoms. The molecule has 2 heteroatoms. The number of likely N-dealkylation sites (N-methyl/N-ethyl adjacent to an activating group) is 1. The van der Waals surface area contributed by atoms with Crippen molar-refractivity contribution in [3.8, 4) is 0 Å². The zero-order chi connectivity index (χ0) is 8.53. The van der Waals surface area contributed by atoms with Crippen molar-refractivity contribution in [3.05, 3.63) is 0 Å². The molecule has 0 aliphatic carbocycles. The van der Waals surface area contributed by atoms with Crippen LogP contribution >= 0.6 is 0 Å². The Balaban J connectivity index is 3.07. The Morgan fingerprint density at radius 1 is 1.27 bits per heavy atom. The molecule has 1 N–H and O–H groups in total. The van der Waals surface area contributed by atoms with Crippen LogP contribution in [0.15, 0.2) is 0 Å². The van der Waals surface area contributed by atoms with E-state index in [0.29, 0.717) is 0 Å². The molecule has 0 fully saturated rings. The highest BCUT2D eigenvalue weighted by atomic mass is 16.5. The SMILES string of the molecule is CCC(CC)COCCNC. The summed E-state index contributed by atoms with van der Waals surface area (Å²) in [6, 6.07) is 0. The number of hydrogen-bond donors (Lipinski definition) is 1. The van der Waals surface area contributed by atoms with Gasteiger partial charge in [-0.15, -0.1) is 0 Å². The van der Waals surface area contributed by atoms with Gasteiger partial charge in [0.2, 0.25) is 0 Å². The average Bonchev–Trinajstić information content (AvgIpc) is 2.05. The molecule has 0 unspecified atom stereocenters. The Bertz CT molecular complexity index is 72.0. The second-order valence-electron chi connectivity index (χ2n) is 2.86. The van der Waals surface area contributed by atoms with E-state index < -0.39 is 0 Å². The summed E-state index contributed by atoms with van der Waals surface area (Å²) in [6.45, 7) is 7.16. The summed E-state index contributed by atoms with van der Waals surface area (Å²) in [6.07, 6.45) is 2.46. The molecule has 0 atom stereocenters. The van der Waals surface area contributed by atoms with E-state index >= 15 is 0 Å². The van der Waals surface area contributed by atoms with E-state index in [4.69, 9.17) is 4.74 Å². The fourth-order valence-electron chi connectivity index (χ4n) is 0.949. The number of hydrogen-bond acceptors (Lipinski definition) is 2. The van der Waals surface area contributed by atoms with Crippen molar-refractivity contribution < 1.29 is 4.74 Å². The third-order valence-corrected chi connectivity index (χ3v) is 2.00. The van der Waals surface area contributed by atoms with Crippen molar-refractivity contribution in [2.24, 2.45) is 5.92 Å². The van der Waals surface area contributed by atoms with Crippen LogP contribution in [0.1, 0.15) is 26.7 Å². The number of nitrogens with one attached hydrogen (secondary N) is 1. The topological polar surface area (TPSA) is 21.3 Å². The lowest BCUT2D eigenvalue weighted by Gasteiger charge is -2.11. The average molecular weight is 159 g/mol. The lowest BCUT2D eigenvalue weighted by molar-refractivity contribution is 0.0992. The van der Waals surface area contributed by atoms with Crippen LogP contribution in [0.2, 0.25) is 0 Å². The molecule has 0 bridgehead atoms. The smallest absolute Gasteiger partial charge is 0.0590 e. The van der Waals surface area contributed by atoms with Gasteiger partial charge in [-0.3, -0.25) is 0 Å². The van der Waals surface area contributed by atoms with Crippen molar-refractivity contribution >= 4 is 0 Å². The molecule has 0 saturated carbocycles. The van der Waals surface area contributed by atoms with E-state index in [-0.39, 0.29) is 0 Å². The third kappa shape index (κ3) is 6.32. The van der Waals surface area contributed by atoms with Crippen molar-refractivity contribution in [1.29, 1.82) is 0 Å². The van der Waals surface area contributed by atoms with Gasteiger partial charge in [0, 0.05) is 13.2 Å². The van der Waals surface area contributed by atoms with Crippen LogP contribution in [0.5, 0.6) is 0 Å². The minimum absolute atomic E-state index is 0.756.